The van der Waals surface area contributed by atoms with E-state index in [1.807, 2.05) is 4.72 Å². The molecule has 0 radical (unpaired) electrons. The van der Waals surface area contributed by atoms with Gasteiger partial charge in [0.1, 0.15) is 11.4 Å². The van der Waals surface area contributed by atoms with Crippen LogP contribution < -0.4 is 10.0 Å². The largest absolute Gasteiger partial charge is 0.416 e. The molecule has 43 heavy (non-hydrogen) atoms. The Labute approximate surface area is 245 Å². The highest BCUT2D eigenvalue weighted by molar-refractivity contribution is 7.92. The van der Waals surface area contributed by atoms with Gasteiger partial charge in [0, 0.05) is 24.1 Å². The predicted molar refractivity (Wildman–Crippen MR) is 148 cm³/mol. The number of carbonyl (C=O) groups is 1. The van der Waals surface area contributed by atoms with E-state index in [-0.39, 0.29) is 42.2 Å². The van der Waals surface area contributed by atoms with E-state index in [1.165, 1.54) is 36.4 Å². The number of rotatable bonds is 9. The van der Waals surface area contributed by atoms with E-state index in [0.29, 0.717) is 11.1 Å². The molecule has 1 atom stereocenters. The van der Waals surface area contributed by atoms with Gasteiger partial charge in [0.25, 0.3) is 5.91 Å². The van der Waals surface area contributed by atoms with Gasteiger partial charge in [-0.1, -0.05) is 18.2 Å². The highest BCUT2D eigenvalue weighted by Crippen LogP contribution is 2.34. The van der Waals surface area contributed by atoms with Crippen molar-refractivity contribution in [3.63, 3.8) is 0 Å². The third kappa shape index (κ3) is 7.14. The summed E-state index contributed by atoms with van der Waals surface area (Å²) >= 11 is 0. The fourth-order valence-corrected chi connectivity index (χ4v) is 7.15. The molecule has 4 rings (SSSR count). The van der Waals surface area contributed by atoms with Crippen LogP contribution in [0.4, 0.5) is 13.2 Å². The Kier molecular flexibility index (Phi) is 9.18. The second-order valence-electron chi connectivity index (χ2n) is 10.1. The Hall–Kier alpha value is -3.19. The number of alkyl halides is 3. The molecule has 5 N–H and O–H groups in total. The summed E-state index contributed by atoms with van der Waals surface area (Å²) in [5.41, 5.74) is -1.36. The molecule has 2 aromatic carbocycles. The molecule has 0 saturated carbocycles. The van der Waals surface area contributed by atoms with E-state index >= 15 is 0 Å². The fourth-order valence-electron chi connectivity index (χ4n) is 4.65. The molecule has 1 spiro atoms. The maximum Gasteiger partial charge on any atom is 0.416 e. The van der Waals surface area contributed by atoms with Gasteiger partial charge in [0.2, 0.25) is 20.0 Å². The van der Waals surface area contributed by atoms with Crippen LogP contribution in [0, 0.1) is 6.92 Å². The quantitative estimate of drug-likeness (QED) is 0.246. The van der Waals surface area contributed by atoms with Gasteiger partial charge in [-0.2, -0.15) is 17.5 Å². The van der Waals surface area contributed by atoms with Crippen LogP contribution in [0.2, 0.25) is 0 Å². The number of aliphatic hydroxyl groups is 3. The normalized spacial score (nSPS) is 18.8. The highest BCUT2D eigenvalue weighted by atomic mass is 32.2. The molecule has 0 aromatic heterocycles. The third-order valence-electron chi connectivity index (χ3n) is 7.19. The molecule has 17 heteroatoms. The van der Waals surface area contributed by atoms with Crippen molar-refractivity contribution in [2.24, 2.45) is 4.99 Å². The zero-order valence-electron chi connectivity index (χ0n) is 22.6. The SMILES string of the molecule is Cc1cc(S(=O)(=O)NC(CO)C(O)O)ccc1C=CS(=O)(=O)N1CCC2(CC1)N=C(c1cccc(C(F)(F)F)c1)NC2=O. The van der Waals surface area contributed by atoms with Crippen molar-refractivity contribution >= 4 is 37.9 Å². The van der Waals surface area contributed by atoms with Crippen LogP contribution in [0.15, 0.2) is 57.8 Å². The van der Waals surface area contributed by atoms with Crippen molar-refractivity contribution in [1.29, 1.82) is 0 Å². The highest BCUT2D eigenvalue weighted by Gasteiger charge is 2.47. The number of carbonyl (C=O) groups excluding carboxylic acids is 1. The maximum absolute atomic E-state index is 13.1. The molecular weight excluding hydrogens is 617 g/mol. The summed E-state index contributed by atoms with van der Waals surface area (Å²) in [6.45, 7) is 0.521. The molecule has 2 aliphatic rings. The minimum Gasteiger partial charge on any atom is -0.395 e. The van der Waals surface area contributed by atoms with Crippen molar-refractivity contribution in [3.05, 3.63) is 70.1 Å². The number of aryl methyl sites for hydroxylation is 1. The number of benzene rings is 2. The molecule has 0 bridgehead atoms. The molecule has 0 aliphatic carbocycles. The first-order valence-electron chi connectivity index (χ1n) is 12.8. The molecule has 1 fully saturated rings. The van der Waals surface area contributed by atoms with Gasteiger partial charge in [0.05, 0.1) is 23.1 Å². The number of amides is 1. The average Bonchev–Trinajstić information content (AvgIpc) is 3.25. The second-order valence-corrected chi connectivity index (χ2v) is 13.6. The molecule has 1 unspecified atom stereocenters. The summed E-state index contributed by atoms with van der Waals surface area (Å²) < 4.78 is 93.6. The van der Waals surface area contributed by atoms with Crippen LogP contribution >= 0.6 is 0 Å². The summed E-state index contributed by atoms with van der Waals surface area (Å²) in [5.74, 6) is -0.533. The van der Waals surface area contributed by atoms with E-state index in [4.69, 9.17) is 5.11 Å². The molecule has 234 valence electrons. The van der Waals surface area contributed by atoms with E-state index in [2.05, 4.69) is 10.3 Å². The minimum atomic E-state index is -4.58. The van der Waals surface area contributed by atoms with E-state index < -0.39 is 62.2 Å². The summed E-state index contributed by atoms with van der Waals surface area (Å²) in [7, 11) is -8.22. The lowest BCUT2D eigenvalue weighted by atomic mass is 9.89. The topological polar surface area (TPSA) is 186 Å². The molecular formula is C26H29F3N4O8S2. The van der Waals surface area contributed by atoms with Crippen molar-refractivity contribution in [3.8, 4) is 0 Å². The second kappa shape index (κ2) is 12.1. The summed E-state index contributed by atoms with van der Waals surface area (Å²) in [5, 5.41) is 31.0. The van der Waals surface area contributed by atoms with Gasteiger partial charge in [0.15, 0.2) is 6.29 Å². The lowest BCUT2D eigenvalue weighted by Crippen LogP contribution is -2.50. The van der Waals surface area contributed by atoms with Crippen molar-refractivity contribution in [2.75, 3.05) is 19.7 Å². The van der Waals surface area contributed by atoms with Gasteiger partial charge < -0.3 is 20.6 Å². The fraction of sp³-hybridized carbons (Fsp3) is 0.385. The van der Waals surface area contributed by atoms with E-state index in [9.17, 15) is 45.0 Å². The molecule has 1 amide bonds. The molecule has 2 aliphatic heterocycles. The number of aliphatic hydroxyl groups excluding tert-OH is 2. The number of aliphatic imine (C=N–C) groups is 1. The zero-order valence-corrected chi connectivity index (χ0v) is 24.2. The lowest BCUT2D eigenvalue weighted by Gasteiger charge is -2.34. The lowest BCUT2D eigenvalue weighted by molar-refractivity contribution is -0.137. The van der Waals surface area contributed by atoms with E-state index in [1.54, 1.807) is 6.92 Å². The number of piperidine rings is 1. The number of hydrogen-bond acceptors (Lipinski definition) is 9. The Morgan fingerprint density at radius 3 is 2.37 bits per heavy atom. The first-order valence-corrected chi connectivity index (χ1v) is 15.8. The number of hydrogen-bond donors (Lipinski definition) is 5. The number of nitrogens with zero attached hydrogens (tertiary/aromatic N) is 2. The van der Waals surface area contributed by atoms with Gasteiger partial charge in [-0.05, 0) is 61.2 Å². The van der Waals surface area contributed by atoms with Crippen LogP contribution in [0.5, 0.6) is 0 Å². The Morgan fingerprint density at radius 1 is 1.12 bits per heavy atom. The predicted octanol–water partition coefficient (Wildman–Crippen LogP) is 0.675. The van der Waals surface area contributed by atoms with Gasteiger partial charge in [-0.15, -0.1) is 0 Å². The zero-order chi connectivity index (χ0) is 31.8. The Balaban J connectivity index is 1.45. The standard InChI is InChI=1S/C26H29F3N4O8S2/c1-16-13-20(43(40,41)32-21(15-34)23(35)36)6-5-17(16)7-12-42(38,39)33-10-8-25(9-11-33)24(37)30-22(31-25)18-3-2-4-19(14-18)26(27,28)29/h2-7,12-14,21,23,32,34-36H,8-11,15H2,1H3,(H,30,31,37). The van der Waals surface area contributed by atoms with Crippen LogP contribution in [0.25, 0.3) is 6.08 Å². The number of nitrogens with one attached hydrogen (secondary N) is 2. The molecule has 12 nitrogen and oxygen atoms in total. The summed E-state index contributed by atoms with van der Waals surface area (Å²) in [6, 6.07) is 6.63. The Morgan fingerprint density at radius 2 is 1.79 bits per heavy atom. The number of halogens is 3. The smallest absolute Gasteiger partial charge is 0.395 e. The average molecular weight is 647 g/mol. The van der Waals surface area contributed by atoms with Gasteiger partial charge in [-0.25, -0.2) is 21.6 Å². The maximum atomic E-state index is 13.1. The third-order valence-corrected chi connectivity index (χ3v) is 10.2. The van der Waals surface area contributed by atoms with Crippen molar-refractivity contribution in [2.45, 2.75) is 48.7 Å². The first-order chi connectivity index (χ1) is 20.0. The van der Waals surface area contributed by atoms with E-state index in [0.717, 1.165) is 21.8 Å². The minimum absolute atomic E-state index is 0.00429. The van der Waals surface area contributed by atoms with Crippen LogP contribution in [0.1, 0.15) is 35.1 Å². The number of sulfonamides is 2. The summed E-state index contributed by atoms with van der Waals surface area (Å²) in [4.78, 5) is 17.0. The van der Waals surface area contributed by atoms with Gasteiger partial charge in [-0.3, -0.25) is 9.79 Å². The van der Waals surface area contributed by atoms with Crippen molar-refractivity contribution < 1.29 is 50.1 Å². The van der Waals surface area contributed by atoms with Crippen LogP contribution in [0.3, 0.4) is 0 Å². The van der Waals surface area contributed by atoms with Crippen LogP contribution in [-0.2, 0) is 31.0 Å². The summed E-state index contributed by atoms with van der Waals surface area (Å²) in [6.07, 6.45) is -5.42. The number of amidine groups is 1. The first kappa shape index (κ1) is 32.7. The van der Waals surface area contributed by atoms with Crippen LogP contribution in [-0.4, -0.2) is 85.8 Å². The molecule has 2 aromatic rings. The molecule has 1 saturated heterocycles. The van der Waals surface area contributed by atoms with Crippen molar-refractivity contribution in [1.82, 2.24) is 14.3 Å². The Bertz CT molecular complexity index is 1670. The van der Waals surface area contributed by atoms with Gasteiger partial charge >= 0.3 is 6.18 Å². The molecule has 2 heterocycles. The monoisotopic (exact) mass is 646 g/mol.